The molecule has 2 aliphatic heterocycles. The monoisotopic (exact) mass is 462 g/mol. The van der Waals surface area contributed by atoms with Crippen molar-refractivity contribution in [1.29, 1.82) is 0 Å². The van der Waals surface area contributed by atoms with Crippen LogP contribution >= 0.6 is 0 Å². The Bertz CT molecular complexity index is 1090. The van der Waals surface area contributed by atoms with Crippen LogP contribution in [-0.4, -0.2) is 74.9 Å². The number of nitrogens with one attached hydrogen (secondary N) is 2. The minimum atomic E-state index is -0.438. The van der Waals surface area contributed by atoms with E-state index in [2.05, 4.69) is 39.6 Å². The van der Waals surface area contributed by atoms with Crippen molar-refractivity contribution in [2.24, 2.45) is 0 Å². The van der Waals surface area contributed by atoms with E-state index >= 15 is 0 Å². The summed E-state index contributed by atoms with van der Waals surface area (Å²) >= 11 is 0. The average molecular weight is 463 g/mol. The highest BCUT2D eigenvalue weighted by molar-refractivity contribution is 6.31. The van der Waals surface area contributed by atoms with Crippen LogP contribution < -0.4 is 15.5 Å². The molecule has 1 saturated heterocycles. The van der Waals surface area contributed by atoms with Crippen molar-refractivity contribution in [3.8, 4) is 0 Å². The van der Waals surface area contributed by atoms with Crippen LogP contribution in [0.25, 0.3) is 11.6 Å². The van der Waals surface area contributed by atoms with E-state index in [4.69, 9.17) is 9.84 Å². The number of imide groups is 1. The fourth-order valence-electron chi connectivity index (χ4n) is 3.98. The van der Waals surface area contributed by atoms with Crippen LogP contribution in [0.4, 0.5) is 11.4 Å². The summed E-state index contributed by atoms with van der Waals surface area (Å²) in [4.78, 5) is 29.6. The van der Waals surface area contributed by atoms with E-state index in [0.717, 1.165) is 37.4 Å². The predicted octanol–water partition coefficient (Wildman–Crippen LogP) is 2.18. The number of amides is 2. The minimum Gasteiger partial charge on any atom is -0.394 e. The number of likely N-dealkylation sites (N-methyl/N-ethyl adjacent to an activating group) is 1. The van der Waals surface area contributed by atoms with E-state index in [1.54, 1.807) is 12.3 Å². The molecule has 2 heterocycles. The number of carbonyl (C=O) groups is 2. The third-order valence-corrected chi connectivity index (χ3v) is 5.93. The zero-order chi connectivity index (χ0) is 23.9. The molecule has 0 radical (unpaired) electrons. The number of hydrogen-bond acceptors (Lipinski definition) is 7. The van der Waals surface area contributed by atoms with E-state index in [0.29, 0.717) is 23.3 Å². The summed E-state index contributed by atoms with van der Waals surface area (Å²) in [5.74, 6) is -0.845. The lowest BCUT2D eigenvalue weighted by molar-refractivity contribution is -0.114. The smallest absolute Gasteiger partial charge is 0.260 e. The third kappa shape index (κ3) is 5.72. The summed E-state index contributed by atoms with van der Waals surface area (Å²) in [6.07, 6.45) is 5.33. The van der Waals surface area contributed by atoms with Gasteiger partial charge in [0, 0.05) is 54.9 Å². The van der Waals surface area contributed by atoms with Crippen LogP contribution in [0.1, 0.15) is 21.5 Å². The first-order valence-corrected chi connectivity index (χ1v) is 11.4. The fraction of sp³-hybridized carbons (Fsp3) is 0.308. The lowest BCUT2D eigenvalue weighted by Crippen LogP contribution is -2.44. The van der Waals surface area contributed by atoms with Gasteiger partial charge in [-0.3, -0.25) is 14.9 Å². The summed E-state index contributed by atoms with van der Waals surface area (Å²) in [5.41, 5.74) is 4.30. The Balaban J connectivity index is 1.49. The summed E-state index contributed by atoms with van der Waals surface area (Å²) in [6, 6.07) is 13.5. The summed E-state index contributed by atoms with van der Waals surface area (Å²) in [5, 5.41) is 14.4. The zero-order valence-electron chi connectivity index (χ0n) is 19.3. The number of aliphatic hydroxyl groups excluding tert-OH is 1. The number of carbonyl (C=O) groups excluding carboxylic acids is 2. The lowest BCUT2D eigenvalue weighted by atomic mass is 9.93. The first kappa shape index (κ1) is 23.7. The molecule has 178 valence electrons. The van der Waals surface area contributed by atoms with Crippen LogP contribution in [0.3, 0.4) is 0 Å². The van der Waals surface area contributed by atoms with E-state index < -0.39 is 11.8 Å². The van der Waals surface area contributed by atoms with Crippen molar-refractivity contribution in [1.82, 2.24) is 10.2 Å². The van der Waals surface area contributed by atoms with Crippen LogP contribution in [0.2, 0.25) is 0 Å². The molecular weight excluding hydrogens is 432 g/mol. The molecule has 0 unspecified atom stereocenters. The van der Waals surface area contributed by atoms with Gasteiger partial charge >= 0.3 is 0 Å². The van der Waals surface area contributed by atoms with Gasteiger partial charge in [0.25, 0.3) is 11.8 Å². The number of hydrogen-bond donors (Lipinski definition) is 3. The van der Waals surface area contributed by atoms with E-state index in [9.17, 15) is 9.59 Å². The maximum atomic E-state index is 12.6. The van der Waals surface area contributed by atoms with Gasteiger partial charge in [-0.2, -0.15) is 0 Å². The fourth-order valence-corrected chi connectivity index (χ4v) is 3.98. The maximum Gasteiger partial charge on any atom is 0.260 e. The van der Waals surface area contributed by atoms with Gasteiger partial charge in [-0.15, -0.1) is 0 Å². The van der Waals surface area contributed by atoms with Crippen LogP contribution in [0, 0.1) is 0 Å². The lowest BCUT2D eigenvalue weighted by Gasteiger charge is -2.34. The summed E-state index contributed by atoms with van der Waals surface area (Å²) in [7, 11) is 2.14. The number of rotatable bonds is 8. The highest BCUT2D eigenvalue weighted by atomic mass is 16.5. The molecular formula is C26H30N4O4. The molecule has 0 aromatic heterocycles. The number of nitrogens with zero attached hydrogens (tertiary/aromatic N) is 2. The van der Waals surface area contributed by atoms with Crippen LogP contribution in [0.5, 0.6) is 0 Å². The molecule has 2 amide bonds. The van der Waals surface area contributed by atoms with E-state index in [1.807, 2.05) is 36.4 Å². The first-order valence-electron chi connectivity index (χ1n) is 11.4. The van der Waals surface area contributed by atoms with Gasteiger partial charge in [-0.1, -0.05) is 18.2 Å². The Kier molecular flexibility index (Phi) is 7.74. The van der Waals surface area contributed by atoms with Gasteiger partial charge in [0.1, 0.15) is 0 Å². The molecule has 0 spiro atoms. The number of ether oxygens (including phenoxy) is 1. The van der Waals surface area contributed by atoms with Crippen molar-refractivity contribution in [2.45, 2.75) is 0 Å². The Morgan fingerprint density at radius 2 is 1.79 bits per heavy atom. The topological polar surface area (TPSA) is 94.1 Å². The van der Waals surface area contributed by atoms with Gasteiger partial charge in [-0.05, 0) is 49.0 Å². The molecule has 8 nitrogen and oxygen atoms in total. The second-order valence-electron chi connectivity index (χ2n) is 8.33. The van der Waals surface area contributed by atoms with Crippen LogP contribution in [0.15, 0.2) is 54.7 Å². The Morgan fingerprint density at radius 1 is 1.03 bits per heavy atom. The molecule has 1 fully saturated rings. The Morgan fingerprint density at radius 3 is 2.53 bits per heavy atom. The van der Waals surface area contributed by atoms with E-state index in [1.165, 1.54) is 5.69 Å². The van der Waals surface area contributed by atoms with Crippen molar-refractivity contribution in [2.75, 3.05) is 63.3 Å². The minimum absolute atomic E-state index is 0.0242. The zero-order valence-corrected chi connectivity index (χ0v) is 19.3. The number of aliphatic hydroxyl groups is 1. The standard InChI is InChI=1S/C26H30N4O4/c1-29-10-12-30(13-11-29)21-7-5-20(6-8-21)27-18-24-23-17-19(3-2-15-34-16-14-31)4-9-22(23)25(32)28-26(24)33/h2-9,17-18,27,31H,10-16H2,1H3,(H,28,32,33)/b3-2+,24-18-. The summed E-state index contributed by atoms with van der Waals surface area (Å²) < 4.78 is 5.23. The highest BCUT2D eigenvalue weighted by Gasteiger charge is 2.27. The van der Waals surface area contributed by atoms with Gasteiger partial charge in [0.15, 0.2) is 0 Å². The molecule has 3 N–H and O–H groups in total. The van der Waals surface area contributed by atoms with Gasteiger partial charge in [-0.25, -0.2) is 0 Å². The molecule has 2 aromatic carbocycles. The van der Waals surface area contributed by atoms with Crippen molar-refractivity contribution in [3.05, 3.63) is 71.4 Å². The second-order valence-corrected chi connectivity index (χ2v) is 8.33. The molecule has 0 saturated carbocycles. The van der Waals surface area contributed by atoms with E-state index in [-0.39, 0.29) is 13.2 Å². The molecule has 0 aliphatic carbocycles. The average Bonchev–Trinajstić information content (AvgIpc) is 2.84. The Labute approximate surface area is 199 Å². The van der Waals surface area contributed by atoms with Gasteiger partial charge in [0.2, 0.25) is 0 Å². The number of fused-ring (bicyclic) bond motifs is 1. The molecule has 2 aliphatic rings. The van der Waals surface area contributed by atoms with Gasteiger partial charge in [0.05, 0.1) is 25.4 Å². The quantitative estimate of drug-likeness (QED) is 0.315. The van der Waals surface area contributed by atoms with Crippen LogP contribution in [-0.2, 0) is 9.53 Å². The van der Waals surface area contributed by atoms with Crippen molar-refractivity contribution in [3.63, 3.8) is 0 Å². The van der Waals surface area contributed by atoms with Crippen molar-refractivity contribution >= 4 is 34.8 Å². The largest absolute Gasteiger partial charge is 0.394 e. The second kappa shape index (κ2) is 11.1. The number of anilines is 2. The SMILES string of the molecule is CN1CCN(c2ccc(N/C=C3\C(=O)NC(=O)c4ccc(/C=C/COCCO)cc43)cc2)CC1. The third-order valence-electron chi connectivity index (χ3n) is 5.93. The number of benzene rings is 2. The van der Waals surface area contributed by atoms with Gasteiger partial charge < -0.3 is 25.0 Å². The molecule has 8 heteroatoms. The first-order chi connectivity index (χ1) is 16.5. The summed E-state index contributed by atoms with van der Waals surface area (Å²) in [6.45, 7) is 4.72. The number of piperazine rings is 1. The Hall–Kier alpha value is -3.46. The molecule has 2 aromatic rings. The molecule has 34 heavy (non-hydrogen) atoms. The molecule has 4 rings (SSSR count). The molecule has 0 atom stereocenters. The van der Waals surface area contributed by atoms with Crippen molar-refractivity contribution < 1.29 is 19.4 Å². The predicted molar refractivity (Wildman–Crippen MR) is 134 cm³/mol. The normalized spacial score (nSPS) is 17.8. The highest BCUT2D eigenvalue weighted by Crippen LogP contribution is 2.27. The molecule has 0 bridgehead atoms. The maximum absolute atomic E-state index is 12.6.